The summed E-state index contributed by atoms with van der Waals surface area (Å²) in [4.78, 5) is 16.5. The van der Waals surface area contributed by atoms with Crippen LogP contribution in [0.3, 0.4) is 0 Å². The second kappa shape index (κ2) is 7.21. The van der Waals surface area contributed by atoms with Gasteiger partial charge in [-0.1, -0.05) is 62.6 Å². The van der Waals surface area contributed by atoms with Crippen LogP contribution in [0.15, 0.2) is 47.5 Å². The first kappa shape index (κ1) is 15.5. The van der Waals surface area contributed by atoms with E-state index >= 15 is 0 Å². The molecule has 0 spiro atoms. The standard InChI is InChI=1S/C18H23NO2/c1-3-4-5-6-7-11-14-18(17(20)21-2)16(19-18)15-12-9-8-10-13-15/h8-14H,3-7H2,1-2H3/b14-11-. The second-order valence-corrected chi connectivity index (χ2v) is 5.34. The largest absolute Gasteiger partial charge is 0.467 e. The number of benzene rings is 1. The van der Waals surface area contributed by atoms with Crippen molar-refractivity contribution in [3.05, 3.63) is 48.0 Å². The highest BCUT2D eigenvalue weighted by Gasteiger charge is 2.53. The smallest absolute Gasteiger partial charge is 0.344 e. The molecule has 2 rings (SSSR count). The fourth-order valence-corrected chi connectivity index (χ4v) is 2.45. The van der Waals surface area contributed by atoms with Crippen molar-refractivity contribution in [1.82, 2.24) is 0 Å². The number of rotatable bonds is 8. The average molecular weight is 285 g/mol. The lowest BCUT2D eigenvalue weighted by atomic mass is 9.97. The van der Waals surface area contributed by atoms with Gasteiger partial charge in [-0.3, -0.25) is 4.99 Å². The van der Waals surface area contributed by atoms with Crippen LogP contribution >= 0.6 is 0 Å². The molecule has 112 valence electrons. The summed E-state index contributed by atoms with van der Waals surface area (Å²) in [5, 5.41) is 0. The van der Waals surface area contributed by atoms with Gasteiger partial charge in [0, 0.05) is 0 Å². The average Bonchev–Trinajstić information content (AvgIpc) is 3.27. The third-order valence-corrected chi connectivity index (χ3v) is 3.73. The zero-order valence-electron chi connectivity index (χ0n) is 12.8. The van der Waals surface area contributed by atoms with E-state index in [0.29, 0.717) is 0 Å². The summed E-state index contributed by atoms with van der Waals surface area (Å²) >= 11 is 0. The van der Waals surface area contributed by atoms with Crippen LogP contribution in [0.5, 0.6) is 0 Å². The molecule has 1 heterocycles. The quantitative estimate of drug-likeness (QED) is 0.412. The minimum Gasteiger partial charge on any atom is -0.467 e. The minimum atomic E-state index is -0.874. The van der Waals surface area contributed by atoms with Crippen LogP contribution in [0, 0.1) is 0 Å². The van der Waals surface area contributed by atoms with Crippen LogP contribution in [0.2, 0.25) is 0 Å². The third-order valence-electron chi connectivity index (χ3n) is 3.73. The zero-order valence-corrected chi connectivity index (χ0v) is 12.8. The number of hydrogen-bond donors (Lipinski definition) is 0. The van der Waals surface area contributed by atoms with E-state index < -0.39 is 5.54 Å². The molecular formula is C18H23NO2. The Hall–Kier alpha value is -1.90. The van der Waals surface area contributed by atoms with Crippen LogP contribution in [-0.4, -0.2) is 24.3 Å². The maximum Gasteiger partial charge on any atom is 0.344 e. The topological polar surface area (TPSA) is 38.7 Å². The first-order valence-corrected chi connectivity index (χ1v) is 7.66. The van der Waals surface area contributed by atoms with Gasteiger partial charge in [-0.25, -0.2) is 4.79 Å². The summed E-state index contributed by atoms with van der Waals surface area (Å²) in [6, 6.07) is 9.80. The Morgan fingerprint density at radius 3 is 2.67 bits per heavy atom. The molecule has 0 N–H and O–H groups in total. The Bertz CT molecular complexity index is 533. The van der Waals surface area contributed by atoms with Crippen molar-refractivity contribution in [2.45, 2.75) is 44.6 Å². The van der Waals surface area contributed by atoms with Gasteiger partial charge in [0.15, 0.2) is 0 Å². The molecule has 0 fully saturated rings. The molecule has 0 aliphatic carbocycles. The summed E-state index contributed by atoms with van der Waals surface area (Å²) in [5.74, 6) is -0.300. The van der Waals surface area contributed by atoms with E-state index in [0.717, 1.165) is 24.1 Å². The molecule has 21 heavy (non-hydrogen) atoms. The molecule has 1 aliphatic heterocycles. The second-order valence-electron chi connectivity index (χ2n) is 5.34. The summed E-state index contributed by atoms with van der Waals surface area (Å²) in [5.41, 5.74) is 0.916. The molecule has 1 unspecified atom stereocenters. The van der Waals surface area contributed by atoms with E-state index in [1.54, 1.807) is 0 Å². The van der Waals surface area contributed by atoms with Gasteiger partial charge in [-0.05, 0) is 24.5 Å². The Labute approximate surface area is 126 Å². The lowest BCUT2D eigenvalue weighted by Gasteiger charge is -2.08. The monoisotopic (exact) mass is 285 g/mol. The normalized spacial score (nSPS) is 20.4. The fourth-order valence-electron chi connectivity index (χ4n) is 2.45. The minimum absolute atomic E-state index is 0.300. The third kappa shape index (κ3) is 3.60. The van der Waals surface area contributed by atoms with E-state index in [1.807, 2.05) is 36.4 Å². The first-order valence-electron chi connectivity index (χ1n) is 7.66. The number of carbonyl (C=O) groups excluding carboxylic acids is 1. The predicted molar refractivity (Wildman–Crippen MR) is 85.6 cm³/mol. The molecule has 0 bridgehead atoms. The molecule has 3 nitrogen and oxygen atoms in total. The van der Waals surface area contributed by atoms with Crippen molar-refractivity contribution >= 4 is 11.7 Å². The summed E-state index contributed by atoms with van der Waals surface area (Å²) in [6.07, 6.45) is 9.83. The van der Waals surface area contributed by atoms with Gasteiger partial charge in [0.1, 0.15) is 0 Å². The van der Waals surface area contributed by atoms with Gasteiger partial charge in [0.2, 0.25) is 5.54 Å². The fraction of sp³-hybridized carbons (Fsp3) is 0.444. The van der Waals surface area contributed by atoms with E-state index in [4.69, 9.17) is 4.74 Å². The van der Waals surface area contributed by atoms with Gasteiger partial charge >= 0.3 is 5.97 Å². The summed E-state index contributed by atoms with van der Waals surface area (Å²) in [7, 11) is 1.41. The predicted octanol–water partition coefficient (Wildman–Crippen LogP) is 3.93. The zero-order chi connectivity index (χ0) is 15.1. The number of nitrogens with zero attached hydrogens (tertiary/aromatic N) is 1. The van der Waals surface area contributed by atoms with Gasteiger partial charge in [-0.15, -0.1) is 0 Å². The van der Waals surface area contributed by atoms with Gasteiger partial charge in [-0.2, -0.15) is 0 Å². The van der Waals surface area contributed by atoms with Gasteiger partial charge in [0.25, 0.3) is 0 Å². The van der Waals surface area contributed by atoms with Crippen LogP contribution in [0.25, 0.3) is 0 Å². The number of esters is 1. The van der Waals surface area contributed by atoms with Crippen LogP contribution in [0.1, 0.15) is 44.6 Å². The van der Waals surface area contributed by atoms with E-state index in [1.165, 1.54) is 26.4 Å². The molecular weight excluding hydrogens is 262 g/mol. The van der Waals surface area contributed by atoms with Gasteiger partial charge in [0.05, 0.1) is 12.8 Å². The number of allylic oxidation sites excluding steroid dienone is 1. The Morgan fingerprint density at radius 2 is 2.00 bits per heavy atom. The Kier molecular flexibility index (Phi) is 5.32. The highest BCUT2D eigenvalue weighted by atomic mass is 16.5. The number of hydrogen-bond acceptors (Lipinski definition) is 3. The lowest BCUT2D eigenvalue weighted by Crippen LogP contribution is -2.29. The highest BCUT2D eigenvalue weighted by molar-refractivity contribution is 6.30. The molecule has 3 heteroatoms. The van der Waals surface area contributed by atoms with Crippen molar-refractivity contribution in [2.75, 3.05) is 7.11 Å². The number of unbranched alkanes of at least 4 members (excludes halogenated alkanes) is 4. The number of methoxy groups -OCH3 is 1. The van der Waals surface area contributed by atoms with Crippen molar-refractivity contribution in [2.24, 2.45) is 4.99 Å². The van der Waals surface area contributed by atoms with E-state index in [-0.39, 0.29) is 5.97 Å². The molecule has 1 aliphatic rings. The van der Waals surface area contributed by atoms with Crippen molar-refractivity contribution in [3.63, 3.8) is 0 Å². The number of ether oxygens (including phenoxy) is 1. The SMILES string of the molecule is CCCCCC/C=C\C1(C(=O)OC)N=C1c1ccccc1. The lowest BCUT2D eigenvalue weighted by molar-refractivity contribution is -0.141. The molecule has 1 aromatic rings. The van der Waals surface area contributed by atoms with Crippen LogP contribution in [0.4, 0.5) is 0 Å². The molecule has 0 saturated carbocycles. The van der Waals surface area contributed by atoms with Gasteiger partial charge < -0.3 is 4.74 Å². The molecule has 1 atom stereocenters. The first-order chi connectivity index (χ1) is 10.2. The van der Waals surface area contributed by atoms with Crippen molar-refractivity contribution in [3.8, 4) is 0 Å². The van der Waals surface area contributed by atoms with Crippen molar-refractivity contribution < 1.29 is 9.53 Å². The molecule has 0 saturated heterocycles. The van der Waals surface area contributed by atoms with Crippen LogP contribution in [-0.2, 0) is 9.53 Å². The maximum absolute atomic E-state index is 12.1. The number of aliphatic imine (C=N–C) groups is 1. The molecule has 1 aromatic carbocycles. The highest BCUT2D eigenvalue weighted by Crippen LogP contribution is 2.35. The van der Waals surface area contributed by atoms with Crippen molar-refractivity contribution in [1.29, 1.82) is 0 Å². The molecule has 0 aromatic heterocycles. The Balaban J connectivity index is 1.98. The van der Waals surface area contributed by atoms with E-state index in [2.05, 4.69) is 18.0 Å². The maximum atomic E-state index is 12.1. The Morgan fingerprint density at radius 1 is 1.24 bits per heavy atom. The summed E-state index contributed by atoms with van der Waals surface area (Å²) in [6.45, 7) is 2.20. The summed E-state index contributed by atoms with van der Waals surface area (Å²) < 4.78 is 4.92. The van der Waals surface area contributed by atoms with Crippen LogP contribution < -0.4 is 0 Å². The van der Waals surface area contributed by atoms with E-state index in [9.17, 15) is 4.79 Å². The molecule has 0 amide bonds. The molecule has 0 radical (unpaired) electrons. The number of carbonyl (C=O) groups is 1.